The zero-order valence-electron chi connectivity index (χ0n) is 14.6. The number of aromatic hydroxyl groups is 1. The third-order valence-electron chi connectivity index (χ3n) is 5.51. The van der Waals surface area contributed by atoms with E-state index in [0.717, 1.165) is 43.9 Å². The van der Waals surface area contributed by atoms with Gasteiger partial charge in [0.2, 0.25) is 0 Å². The topological polar surface area (TPSA) is 35.9 Å². The van der Waals surface area contributed by atoms with Crippen molar-refractivity contribution in [2.45, 2.75) is 51.6 Å². The Bertz CT molecular complexity index is 522. The highest BCUT2D eigenvalue weighted by molar-refractivity contribution is 5.63. The van der Waals surface area contributed by atoms with Crippen LogP contribution in [0.25, 0.3) is 0 Å². The summed E-state index contributed by atoms with van der Waals surface area (Å²) in [6.45, 7) is 9.87. The molecule has 0 aliphatic carbocycles. The highest BCUT2D eigenvalue weighted by atomic mass is 16.5. The summed E-state index contributed by atoms with van der Waals surface area (Å²) in [5, 5.41) is 9.87. The number of hydrogen-bond acceptors (Lipinski definition) is 4. The maximum atomic E-state index is 9.87. The van der Waals surface area contributed by atoms with Crippen LogP contribution >= 0.6 is 0 Å². The minimum Gasteiger partial charge on any atom is -0.508 e. The van der Waals surface area contributed by atoms with Crippen molar-refractivity contribution in [3.8, 4) is 11.5 Å². The Morgan fingerprint density at radius 2 is 1.83 bits per heavy atom. The molecule has 1 fully saturated rings. The SMILES string of the molecule is CCC1(CC)CN(CCN2CCCCC2)c2cc(O)ccc2O1. The summed E-state index contributed by atoms with van der Waals surface area (Å²) in [7, 11) is 0. The standard InChI is InChI=1S/C19H30N2O2/c1-3-19(4-2)15-21(13-12-20-10-6-5-7-11-20)17-14-16(22)8-9-18(17)23-19/h8-9,14,22H,3-7,10-13,15H2,1-2H3. The lowest BCUT2D eigenvalue weighted by atomic mass is 9.94. The quantitative estimate of drug-likeness (QED) is 0.899. The molecule has 0 amide bonds. The van der Waals surface area contributed by atoms with Crippen molar-refractivity contribution in [1.82, 2.24) is 4.90 Å². The number of phenols is 1. The Balaban J connectivity index is 1.77. The van der Waals surface area contributed by atoms with E-state index in [4.69, 9.17) is 4.74 Å². The fourth-order valence-corrected chi connectivity index (χ4v) is 3.80. The lowest BCUT2D eigenvalue weighted by Crippen LogP contribution is -2.52. The Labute approximate surface area is 140 Å². The number of likely N-dealkylation sites (tertiary alicyclic amines) is 1. The summed E-state index contributed by atoms with van der Waals surface area (Å²) in [5.74, 6) is 1.23. The van der Waals surface area contributed by atoms with E-state index in [0.29, 0.717) is 5.75 Å². The number of ether oxygens (including phenoxy) is 1. The van der Waals surface area contributed by atoms with Crippen LogP contribution in [0.15, 0.2) is 18.2 Å². The second-order valence-electron chi connectivity index (χ2n) is 6.97. The smallest absolute Gasteiger partial charge is 0.143 e. The molecule has 0 saturated carbocycles. The second-order valence-corrected chi connectivity index (χ2v) is 6.97. The molecule has 23 heavy (non-hydrogen) atoms. The van der Waals surface area contributed by atoms with Crippen molar-refractivity contribution >= 4 is 5.69 Å². The summed E-state index contributed by atoms with van der Waals surface area (Å²) < 4.78 is 6.33. The number of fused-ring (bicyclic) bond motifs is 1. The van der Waals surface area contributed by atoms with Gasteiger partial charge in [0.15, 0.2) is 0 Å². The van der Waals surface area contributed by atoms with Crippen LogP contribution in [0.1, 0.15) is 46.0 Å². The van der Waals surface area contributed by atoms with E-state index in [2.05, 4.69) is 23.6 Å². The minimum atomic E-state index is -0.105. The normalized spacial score (nSPS) is 20.9. The zero-order valence-corrected chi connectivity index (χ0v) is 14.6. The first-order valence-corrected chi connectivity index (χ1v) is 9.15. The zero-order chi connectivity index (χ0) is 16.3. The lowest BCUT2D eigenvalue weighted by molar-refractivity contribution is 0.0565. The molecule has 0 bridgehead atoms. The lowest BCUT2D eigenvalue weighted by Gasteiger charge is -2.44. The van der Waals surface area contributed by atoms with Gasteiger partial charge in [0.05, 0.1) is 12.2 Å². The van der Waals surface area contributed by atoms with E-state index in [1.165, 1.54) is 32.4 Å². The molecule has 0 spiro atoms. The molecule has 2 heterocycles. The molecule has 2 aliphatic heterocycles. The third-order valence-corrected chi connectivity index (χ3v) is 5.51. The number of piperidine rings is 1. The van der Waals surface area contributed by atoms with Crippen LogP contribution in [0.5, 0.6) is 11.5 Å². The van der Waals surface area contributed by atoms with Crippen LogP contribution in [0.2, 0.25) is 0 Å². The van der Waals surface area contributed by atoms with Crippen molar-refractivity contribution in [3.63, 3.8) is 0 Å². The summed E-state index contributed by atoms with van der Waals surface area (Å²) in [5.41, 5.74) is 0.936. The van der Waals surface area contributed by atoms with E-state index in [1.807, 2.05) is 12.1 Å². The van der Waals surface area contributed by atoms with Crippen molar-refractivity contribution in [3.05, 3.63) is 18.2 Å². The number of benzene rings is 1. The number of nitrogens with zero attached hydrogens (tertiary/aromatic N) is 2. The van der Waals surface area contributed by atoms with Gasteiger partial charge in [0.1, 0.15) is 17.1 Å². The van der Waals surface area contributed by atoms with Gasteiger partial charge in [-0.3, -0.25) is 0 Å². The molecule has 1 aromatic carbocycles. The van der Waals surface area contributed by atoms with Gasteiger partial charge in [-0.1, -0.05) is 20.3 Å². The first-order valence-electron chi connectivity index (χ1n) is 9.15. The van der Waals surface area contributed by atoms with E-state index >= 15 is 0 Å². The molecule has 4 heteroatoms. The van der Waals surface area contributed by atoms with Gasteiger partial charge in [-0.2, -0.15) is 0 Å². The van der Waals surface area contributed by atoms with Crippen LogP contribution in [0.3, 0.4) is 0 Å². The summed E-state index contributed by atoms with van der Waals surface area (Å²) in [6.07, 6.45) is 6.04. The molecule has 3 rings (SSSR count). The molecule has 4 nitrogen and oxygen atoms in total. The third kappa shape index (κ3) is 3.57. The molecule has 0 radical (unpaired) electrons. The molecular weight excluding hydrogens is 288 g/mol. The van der Waals surface area contributed by atoms with Crippen LogP contribution < -0.4 is 9.64 Å². The summed E-state index contributed by atoms with van der Waals surface area (Å²) >= 11 is 0. The summed E-state index contributed by atoms with van der Waals surface area (Å²) in [6, 6.07) is 5.49. The number of anilines is 1. The molecule has 1 saturated heterocycles. The molecule has 128 valence electrons. The van der Waals surface area contributed by atoms with Crippen LogP contribution in [-0.2, 0) is 0 Å². The molecule has 1 N–H and O–H groups in total. The molecule has 0 unspecified atom stereocenters. The minimum absolute atomic E-state index is 0.105. The number of rotatable bonds is 5. The van der Waals surface area contributed by atoms with Gasteiger partial charge >= 0.3 is 0 Å². The van der Waals surface area contributed by atoms with Crippen molar-refractivity contribution in [1.29, 1.82) is 0 Å². The van der Waals surface area contributed by atoms with Crippen LogP contribution in [0.4, 0.5) is 5.69 Å². The van der Waals surface area contributed by atoms with Gasteiger partial charge < -0.3 is 19.6 Å². The van der Waals surface area contributed by atoms with Gasteiger partial charge in [-0.15, -0.1) is 0 Å². The largest absolute Gasteiger partial charge is 0.508 e. The van der Waals surface area contributed by atoms with Gasteiger partial charge in [0.25, 0.3) is 0 Å². The maximum Gasteiger partial charge on any atom is 0.143 e. The maximum absolute atomic E-state index is 9.87. The number of hydrogen-bond donors (Lipinski definition) is 1. The molecular formula is C19H30N2O2. The average Bonchev–Trinajstić information content (AvgIpc) is 2.60. The average molecular weight is 318 g/mol. The van der Waals surface area contributed by atoms with E-state index in [9.17, 15) is 5.11 Å². The van der Waals surface area contributed by atoms with Gasteiger partial charge in [0, 0.05) is 19.2 Å². The van der Waals surface area contributed by atoms with E-state index < -0.39 is 0 Å². The van der Waals surface area contributed by atoms with Crippen LogP contribution in [0, 0.1) is 0 Å². The fraction of sp³-hybridized carbons (Fsp3) is 0.684. The first-order chi connectivity index (χ1) is 11.2. The molecule has 0 aromatic heterocycles. The van der Waals surface area contributed by atoms with E-state index in [1.54, 1.807) is 6.07 Å². The first kappa shape index (κ1) is 16.4. The second kappa shape index (κ2) is 7.00. The Morgan fingerprint density at radius 1 is 1.09 bits per heavy atom. The molecule has 2 aliphatic rings. The van der Waals surface area contributed by atoms with Crippen molar-refractivity contribution < 1.29 is 9.84 Å². The Morgan fingerprint density at radius 3 is 2.52 bits per heavy atom. The number of phenolic OH excluding ortho intramolecular Hbond substituents is 1. The molecule has 0 atom stereocenters. The van der Waals surface area contributed by atoms with Crippen molar-refractivity contribution in [2.75, 3.05) is 37.6 Å². The van der Waals surface area contributed by atoms with Gasteiger partial charge in [-0.25, -0.2) is 0 Å². The van der Waals surface area contributed by atoms with E-state index in [-0.39, 0.29) is 5.60 Å². The Hall–Kier alpha value is -1.42. The van der Waals surface area contributed by atoms with Crippen molar-refractivity contribution in [2.24, 2.45) is 0 Å². The van der Waals surface area contributed by atoms with Crippen LogP contribution in [-0.4, -0.2) is 48.3 Å². The monoisotopic (exact) mass is 318 g/mol. The predicted octanol–water partition coefficient (Wildman–Crippen LogP) is 3.64. The highest BCUT2D eigenvalue weighted by Gasteiger charge is 2.37. The fourth-order valence-electron chi connectivity index (χ4n) is 3.80. The predicted molar refractivity (Wildman–Crippen MR) is 94.6 cm³/mol. The highest BCUT2D eigenvalue weighted by Crippen LogP contribution is 2.41. The summed E-state index contributed by atoms with van der Waals surface area (Å²) in [4.78, 5) is 4.99. The molecule has 1 aromatic rings. The Kier molecular flexibility index (Phi) is 5.00. The van der Waals surface area contributed by atoms with Gasteiger partial charge in [-0.05, 0) is 50.9 Å².